The fourth-order valence-electron chi connectivity index (χ4n) is 4.42. The van der Waals surface area contributed by atoms with Gasteiger partial charge in [-0.25, -0.2) is 0 Å². The minimum atomic E-state index is -0.904. The Morgan fingerprint density at radius 1 is 0.714 bits per heavy atom. The lowest BCUT2D eigenvalue weighted by molar-refractivity contribution is -0.151. The Labute approximate surface area is 217 Å². The summed E-state index contributed by atoms with van der Waals surface area (Å²) in [5, 5.41) is 9.29. The number of carboxylic acid groups (broad SMARTS) is 1. The smallest absolute Gasteiger partial charge is 0.307 e. The molecule has 0 rings (SSSR count). The average Bonchev–Trinajstić information content (AvgIpc) is 2.84. The van der Waals surface area contributed by atoms with E-state index >= 15 is 0 Å². The molecule has 1 N–H and O–H groups in total. The maximum absolute atomic E-state index is 11.6. The third kappa shape index (κ3) is 25.3. The molecule has 0 aromatic carbocycles. The molecule has 4 nitrogen and oxygen atoms in total. The lowest BCUT2D eigenvalue weighted by Crippen LogP contribution is -2.19. The molecule has 1 unspecified atom stereocenters. The highest BCUT2D eigenvalue weighted by atomic mass is 16.5. The van der Waals surface area contributed by atoms with Gasteiger partial charge in [-0.2, -0.15) is 0 Å². The number of ether oxygens (including phenoxy) is 1. The van der Waals surface area contributed by atoms with Gasteiger partial charge in [-0.05, 0) is 32.1 Å². The van der Waals surface area contributed by atoms with Gasteiger partial charge < -0.3 is 9.84 Å². The molecule has 35 heavy (non-hydrogen) atoms. The van der Waals surface area contributed by atoms with E-state index in [1.807, 2.05) is 0 Å². The van der Waals surface area contributed by atoms with Crippen molar-refractivity contribution in [1.82, 2.24) is 0 Å². The minimum absolute atomic E-state index is 0.0440. The summed E-state index contributed by atoms with van der Waals surface area (Å²) in [6, 6.07) is 0. The second kappa shape index (κ2) is 27.0. The normalized spacial score (nSPS) is 12.1. The molecule has 204 valence electrons. The molecule has 4 heteroatoms. The standard InChI is InChI=1S/C31H56O4/c1-3-5-6-7-8-9-10-11-12-13-14-15-16-17-18-19-20-21-22-23-24-25-26-29(31(33)34)28-30(32)35-27-4-2/h4,14-15,29H,2-3,5-13,16-28H2,1H3,(H,33,34)/b15-14+. The minimum Gasteiger partial charge on any atom is -0.481 e. The molecule has 0 heterocycles. The highest BCUT2D eigenvalue weighted by Gasteiger charge is 2.21. The fourth-order valence-corrected chi connectivity index (χ4v) is 4.42. The monoisotopic (exact) mass is 492 g/mol. The largest absolute Gasteiger partial charge is 0.481 e. The van der Waals surface area contributed by atoms with E-state index in [4.69, 9.17) is 4.74 Å². The van der Waals surface area contributed by atoms with Crippen LogP contribution in [0.1, 0.15) is 148 Å². The van der Waals surface area contributed by atoms with Crippen LogP contribution in [0.4, 0.5) is 0 Å². The number of rotatable bonds is 27. The number of carboxylic acids is 1. The van der Waals surface area contributed by atoms with Crippen LogP contribution in [0.15, 0.2) is 24.8 Å². The predicted octanol–water partition coefficient (Wildman–Crippen LogP) is 9.57. The number of carbonyl (C=O) groups excluding carboxylic acids is 1. The number of allylic oxidation sites excluding steroid dienone is 2. The van der Waals surface area contributed by atoms with Gasteiger partial charge in [0, 0.05) is 0 Å². The number of unbranched alkanes of at least 4 members (excludes halogenated alkanes) is 18. The molecule has 0 bridgehead atoms. The molecule has 0 fully saturated rings. The predicted molar refractivity (Wildman–Crippen MR) is 149 cm³/mol. The van der Waals surface area contributed by atoms with Crippen LogP contribution in [-0.2, 0) is 14.3 Å². The SMILES string of the molecule is C=CCOC(=O)CC(CCCCCCCCCCC/C=C/CCCCCCCCCCC)C(=O)O. The molecular formula is C31H56O4. The zero-order valence-electron chi connectivity index (χ0n) is 23.0. The Hall–Kier alpha value is -1.58. The van der Waals surface area contributed by atoms with Crippen LogP contribution in [0.25, 0.3) is 0 Å². The summed E-state index contributed by atoms with van der Waals surface area (Å²) in [7, 11) is 0. The van der Waals surface area contributed by atoms with Gasteiger partial charge in [0.25, 0.3) is 0 Å². The molecule has 0 spiro atoms. The van der Waals surface area contributed by atoms with Crippen molar-refractivity contribution >= 4 is 11.9 Å². The number of carbonyl (C=O) groups is 2. The van der Waals surface area contributed by atoms with E-state index in [1.165, 1.54) is 115 Å². The molecule has 0 aromatic heterocycles. The van der Waals surface area contributed by atoms with E-state index in [9.17, 15) is 14.7 Å². The van der Waals surface area contributed by atoms with Crippen molar-refractivity contribution in [3.8, 4) is 0 Å². The third-order valence-electron chi connectivity index (χ3n) is 6.69. The lowest BCUT2D eigenvalue weighted by atomic mass is 9.97. The summed E-state index contributed by atoms with van der Waals surface area (Å²) < 4.78 is 4.90. The molecule has 0 amide bonds. The number of hydrogen-bond donors (Lipinski definition) is 1. The maximum atomic E-state index is 11.6. The van der Waals surface area contributed by atoms with Gasteiger partial charge in [0.1, 0.15) is 6.61 Å². The molecular weight excluding hydrogens is 436 g/mol. The van der Waals surface area contributed by atoms with Gasteiger partial charge in [0.15, 0.2) is 0 Å². The molecule has 0 aliphatic rings. The van der Waals surface area contributed by atoms with Crippen molar-refractivity contribution in [2.45, 2.75) is 148 Å². The van der Waals surface area contributed by atoms with E-state index in [-0.39, 0.29) is 13.0 Å². The maximum Gasteiger partial charge on any atom is 0.307 e. The number of esters is 1. The summed E-state index contributed by atoms with van der Waals surface area (Å²) in [5.41, 5.74) is 0. The van der Waals surface area contributed by atoms with Gasteiger partial charge in [0.2, 0.25) is 0 Å². The molecule has 1 atom stereocenters. The van der Waals surface area contributed by atoms with Crippen LogP contribution in [-0.4, -0.2) is 23.7 Å². The highest BCUT2D eigenvalue weighted by Crippen LogP contribution is 2.17. The Morgan fingerprint density at radius 2 is 1.14 bits per heavy atom. The molecule has 0 saturated heterocycles. The first-order valence-corrected chi connectivity index (χ1v) is 14.8. The van der Waals surface area contributed by atoms with Crippen LogP contribution in [0.2, 0.25) is 0 Å². The molecule has 0 saturated carbocycles. The number of aliphatic carboxylic acids is 1. The van der Waals surface area contributed by atoms with Crippen LogP contribution in [0.5, 0.6) is 0 Å². The molecule has 0 aromatic rings. The average molecular weight is 493 g/mol. The summed E-state index contributed by atoms with van der Waals surface area (Å²) in [6.45, 7) is 5.90. The topological polar surface area (TPSA) is 63.6 Å². The molecule has 0 aliphatic carbocycles. The van der Waals surface area contributed by atoms with Gasteiger partial charge in [-0.15, -0.1) is 0 Å². The Bertz CT molecular complexity index is 526. The molecule has 0 radical (unpaired) electrons. The third-order valence-corrected chi connectivity index (χ3v) is 6.69. The summed E-state index contributed by atoms with van der Waals surface area (Å²) in [5.74, 6) is -1.99. The first-order valence-electron chi connectivity index (χ1n) is 14.8. The van der Waals surface area contributed by atoms with Crippen molar-refractivity contribution in [3.63, 3.8) is 0 Å². The second-order valence-electron chi connectivity index (χ2n) is 10.1. The highest BCUT2D eigenvalue weighted by molar-refractivity contribution is 5.78. The second-order valence-corrected chi connectivity index (χ2v) is 10.1. The summed E-state index contributed by atoms with van der Waals surface area (Å²) in [6.07, 6.45) is 32.6. The van der Waals surface area contributed by atoms with Crippen LogP contribution >= 0.6 is 0 Å². The zero-order chi connectivity index (χ0) is 25.8. The van der Waals surface area contributed by atoms with Gasteiger partial charge in [0.05, 0.1) is 12.3 Å². The Balaban J connectivity index is 3.39. The number of hydrogen-bond acceptors (Lipinski definition) is 3. The van der Waals surface area contributed by atoms with E-state index in [1.54, 1.807) is 0 Å². The van der Waals surface area contributed by atoms with Crippen molar-refractivity contribution in [3.05, 3.63) is 24.8 Å². The van der Waals surface area contributed by atoms with E-state index < -0.39 is 17.9 Å². The van der Waals surface area contributed by atoms with E-state index in [0.29, 0.717) is 6.42 Å². The lowest BCUT2D eigenvalue weighted by Gasteiger charge is -2.11. The summed E-state index contributed by atoms with van der Waals surface area (Å²) >= 11 is 0. The Morgan fingerprint density at radius 3 is 1.57 bits per heavy atom. The van der Waals surface area contributed by atoms with Crippen molar-refractivity contribution in [1.29, 1.82) is 0 Å². The van der Waals surface area contributed by atoms with E-state index in [0.717, 1.165) is 19.3 Å². The van der Waals surface area contributed by atoms with Crippen LogP contribution < -0.4 is 0 Å². The first-order chi connectivity index (χ1) is 17.1. The fraction of sp³-hybridized carbons (Fsp3) is 0.806. The van der Waals surface area contributed by atoms with Crippen LogP contribution in [0, 0.1) is 5.92 Å². The van der Waals surface area contributed by atoms with Gasteiger partial charge >= 0.3 is 11.9 Å². The zero-order valence-corrected chi connectivity index (χ0v) is 23.0. The molecule has 0 aliphatic heterocycles. The van der Waals surface area contributed by atoms with Crippen molar-refractivity contribution < 1.29 is 19.4 Å². The van der Waals surface area contributed by atoms with E-state index in [2.05, 4.69) is 25.7 Å². The quantitative estimate of drug-likeness (QED) is 0.0704. The van der Waals surface area contributed by atoms with Gasteiger partial charge in [-0.3, -0.25) is 9.59 Å². The van der Waals surface area contributed by atoms with Gasteiger partial charge in [-0.1, -0.05) is 134 Å². The Kier molecular flexibility index (Phi) is 25.8. The first kappa shape index (κ1) is 33.4. The van der Waals surface area contributed by atoms with Crippen molar-refractivity contribution in [2.24, 2.45) is 5.92 Å². The van der Waals surface area contributed by atoms with Crippen LogP contribution in [0.3, 0.4) is 0 Å². The van der Waals surface area contributed by atoms with Crippen molar-refractivity contribution in [2.75, 3.05) is 6.61 Å². The summed E-state index contributed by atoms with van der Waals surface area (Å²) in [4.78, 5) is 22.9.